The fourth-order valence-corrected chi connectivity index (χ4v) is 2.09. The predicted octanol–water partition coefficient (Wildman–Crippen LogP) is 3.18. The largest absolute Gasteiger partial charge is 0.234 e. The van der Waals surface area contributed by atoms with E-state index in [0.29, 0.717) is 12.5 Å². The summed E-state index contributed by atoms with van der Waals surface area (Å²) in [6.07, 6.45) is 3.91. The van der Waals surface area contributed by atoms with Crippen LogP contribution in [0.15, 0.2) is 29.3 Å². The number of benzene rings is 1. The van der Waals surface area contributed by atoms with Crippen LogP contribution in [0, 0.1) is 0 Å². The minimum Gasteiger partial charge on any atom is -0.211 e. The molecule has 1 fully saturated rings. The van der Waals surface area contributed by atoms with E-state index in [2.05, 4.69) is 43.1 Å². The summed E-state index contributed by atoms with van der Waals surface area (Å²) in [5.41, 5.74) is 2.82. The van der Waals surface area contributed by atoms with Gasteiger partial charge in [-0.05, 0) is 29.9 Å². The molecule has 0 spiro atoms. The van der Waals surface area contributed by atoms with Gasteiger partial charge in [0, 0.05) is 5.41 Å². The molecular weight excluding hydrogens is 198 g/mol. The second kappa shape index (κ2) is 4.23. The highest BCUT2D eigenvalue weighted by molar-refractivity contribution is 5.38. The van der Waals surface area contributed by atoms with Crippen molar-refractivity contribution in [3.8, 4) is 0 Å². The Morgan fingerprint density at radius 2 is 1.94 bits per heavy atom. The lowest BCUT2D eigenvalue weighted by atomic mass is 9.93. The number of nitrogens with zero attached hydrogens (tertiary/aromatic N) is 1. The van der Waals surface area contributed by atoms with Gasteiger partial charge in [-0.1, -0.05) is 38.1 Å². The molecule has 0 atom stereocenters. The third kappa shape index (κ3) is 2.07. The van der Waals surface area contributed by atoms with Crippen molar-refractivity contribution < 1.29 is 4.79 Å². The highest BCUT2D eigenvalue weighted by atomic mass is 16.1. The zero-order chi connectivity index (χ0) is 11.6. The van der Waals surface area contributed by atoms with Gasteiger partial charge in [-0.25, -0.2) is 9.79 Å². The van der Waals surface area contributed by atoms with E-state index in [4.69, 9.17) is 0 Å². The molecule has 1 saturated carbocycles. The number of aliphatic imine (C=N–C) groups is 1. The maximum absolute atomic E-state index is 10.2. The molecular formula is C14H17NO. The quantitative estimate of drug-likeness (QED) is 0.560. The van der Waals surface area contributed by atoms with E-state index in [-0.39, 0.29) is 5.41 Å². The van der Waals surface area contributed by atoms with E-state index >= 15 is 0 Å². The summed E-state index contributed by atoms with van der Waals surface area (Å²) in [5.74, 6) is 0.567. The highest BCUT2D eigenvalue weighted by Crippen LogP contribution is 2.48. The van der Waals surface area contributed by atoms with Crippen molar-refractivity contribution in [2.24, 2.45) is 4.99 Å². The average Bonchev–Trinajstić information content (AvgIpc) is 3.08. The molecule has 2 nitrogen and oxygen atoms in total. The molecule has 2 rings (SSSR count). The van der Waals surface area contributed by atoms with E-state index in [1.165, 1.54) is 11.1 Å². The lowest BCUT2D eigenvalue weighted by Crippen LogP contribution is -2.10. The fraction of sp³-hybridized carbons (Fsp3) is 0.500. The van der Waals surface area contributed by atoms with Gasteiger partial charge < -0.3 is 0 Å². The molecule has 0 aromatic heterocycles. The van der Waals surface area contributed by atoms with Gasteiger partial charge in [-0.15, -0.1) is 0 Å². The molecule has 0 unspecified atom stereocenters. The maximum Gasteiger partial charge on any atom is 0.234 e. The van der Waals surface area contributed by atoms with Gasteiger partial charge in [-0.3, -0.25) is 0 Å². The standard InChI is InChI=1S/C14H17NO/c1-11(2)12-3-5-13(6-4-12)14(7-8-14)9-15-10-16/h3-6,11H,7-9H2,1-2H3. The molecule has 1 aliphatic carbocycles. The number of hydrogen-bond acceptors (Lipinski definition) is 2. The SMILES string of the molecule is CC(C)c1ccc(C2(CN=C=O)CC2)cc1. The Morgan fingerprint density at radius 3 is 2.38 bits per heavy atom. The van der Waals surface area contributed by atoms with Crippen molar-refractivity contribution in [2.45, 2.75) is 38.0 Å². The van der Waals surface area contributed by atoms with Crippen LogP contribution in [0.1, 0.15) is 43.7 Å². The third-order valence-electron chi connectivity index (χ3n) is 3.49. The molecule has 1 aliphatic rings. The van der Waals surface area contributed by atoms with Crippen LogP contribution in [0.4, 0.5) is 0 Å². The number of hydrogen-bond donors (Lipinski definition) is 0. The summed E-state index contributed by atoms with van der Waals surface area (Å²) < 4.78 is 0. The van der Waals surface area contributed by atoms with Crippen molar-refractivity contribution in [3.63, 3.8) is 0 Å². The second-order valence-electron chi connectivity index (χ2n) is 4.96. The molecule has 0 saturated heterocycles. The Kier molecular flexibility index (Phi) is 2.93. The van der Waals surface area contributed by atoms with E-state index in [1.807, 2.05) is 0 Å². The smallest absolute Gasteiger partial charge is 0.211 e. The normalized spacial score (nSPS) is 16.9. The van der Waals surface area contributed by atoms with Gasteiger partial charge in [0.1, 0.15) is 0 Å². The van der Waals surface area contributed by atoms with Crippen molar-refractivity contribution in [1.29, 1.82) is 0 Å². The summed E-state index contributed by atoms with van der Waals surface area (Å²) >= 11 is 0. The van der Waals surface area contributed by atoms with Crippen LogP contribution in [-0.4, -0.2) is 12.6 Å². The molecule has 0 aliphatic heterocycles. The monoisotopic (exact) mass is 215 g/mol. The first kappa shape index (κ1) is 11.1. The van der Waals surface area contributed by atoms with Gasteiger partial charge in [0.05, 0.1) is 6.54 Å². The van der Waals surface area contributed by atoms with Crippen LogP contribution >= 0.6 is 0 Å². The number of carbonyl (C=O) groups excluding carboxylic acids is 1. The predicted molar refractivity (Wildman–Crippen MR) is 64.4 cm³/mol. The Labute approximate surface area is 96.4 Å². The van der Waals surface area contributed by atoms with E-state index in [1.54, 1.807) is 6.08 Å². The van der Waals surface area contributed by atoms with E-state index in [0.717, 1.165) is 12.8 Å². The van der Waals surface area contributed by atoms with Crippen LogP contribution in [0.5, 0.6) is 0 Å². The average molecular weight is 215 g/mol. The molecule has 16 heavy (non-hydrogen) atoms. The van der Waals surface area contributed by atoms with Crippen LogP contribution in [-0.2, 0) is 10.2 Å². The number of rotatable bonds is 4. The summed E-state index contributed by atoms with van der Waals surface area (Å²) in [6.45, 7) is 4.98. The Balaban J connectivity index is 2.18. The van der Waals surface area contributed by atoms with Crippen molar-refractivity contribution >= 4 is 6.08 Å². The minimum absolute atomic E-state index is 0.146. The first-order valence-corrected chi connectivity index (χ1v) is 5.82. The van der Waals surface area contributed by atoms with Gasteiger partial charge >= 0.3 is 0 Å². The first-order chi connectivity index (χ1) is 7.68. The first-order valence-electron chi connectivity index (χ1n) is 5.82. The molecule has 1 aromatic carbocycles. The Hall–Kier alpha value is -1.40. The molecule has 0 N–H and O–H groups in total. The van der Waals surface area contributed by atoms with Crippen LogP contribution in [0.2, 0.25) is 0 Å². The molecule has 0 heterocycles. The zero-order valence-electron chi connectivity index (χ0n) is 9.86. The topological polar surface area (TPSA) is 29.4 Å². The summed E-state index contributed by atoms with van der Waals surface area (Å²) in [5, 5.41) is 0. The molecule has 0 bridgehead atoms. The fourth-order valence-electron chi connectivity index (χ4n) is 2.09. The van der Waals surface area contributed by atoms with E-state index < -0.39 is 0 Å². The van der Waals surface area contributed by atoms with Crippen molar-refractivity contribution in [2.75, 3.05) is 6.54 Å². The van der Waals surface area contributed by atoms with Gasteiger partial charge in [0.2, 0.25) is 6.08 Å². The van der Waals surface area contributed by atoms with Crippen molar-refractivity contribution in [1.82, 2.24) is 0 Å². The highest BCUT2D eigenvalue weighted by Gasteiger charge is 2.44. The lowest BCUT2D eigenvalue weighted by Gasteiger charge is -2.13. The minimum atomic E-state index is 0.146. The molecule has 84 valence electrons. The molecule has 2 heteroatoms. The van der Waals surface area contributed by atoms with Crippen LogP contribution in [0.25, 0.3) is 0 Å². The van der Waals surface area contributed by atoms with Crippen molar-refractivity contribution in [3.05, 3.63) is 35.4 Å². The summed E-state index contributed by atoms with van der Waals surface area (Å²) in [4.78, 5) is 13.9. The molecule has 1 aromatic rings. The van der Waals surface area contributed by atoms with Gasteiger partial charge in [0.15, 0.2) is 0 Å². The van der Waals surface area contributed by atoms with E-state index in [9.17, 15) is 4.79 Å². The second-order valence-corrected chi connectivity index (χ2v) is 4.96. The lowest BCUT2D eigenvalue weighted by molar-refractivity contribution is 0.559. The number of isocyanates is 1. The third-order valence-corrected chi connectivity index (χ3v) is 3.49. The Bertz CT molecular complexity index is 409. The maximum atomic E-state index is 10.2. The molecule has 0 radical (unpaired) electrons. The van der Waals surface area contributed by atoms with Gasteiger partial charge in [0.25, 0.3) is 0 Å². The van der Waals surface area contributed by atoms with Gasteiger partial charge in [-0.2, -0.15) is 0 Å². The summed E-state index contributed by atoms with van der Waals surface area (Å²) in [7, 11) is 0. The Morgan fingerprint density at radius 1 is 1.31 bits per heavy atom. The summed E-state index contributed by atoms with van der Waals surface area (Å²) in [6, 6.07) is 8.74. The van der Waals surface area contributed by atoms with Crippen LogP contribution in [0.3, 0.4) is 0 Å². The van der Waals surface area contributed by atoms with Crippen LogP contribution < -0.4 is 0 Å². The zero-order valence-corrected chi connectivity index (χ0v) is 9.86. The molecule has 0 amide bonds.